The number of nitrogens with zero attached hydrogens (tertiary/aromatic N) is 1. The second kappa shape index (κ2) is 7.51. The minimum absolute atomic E-state index is 0.223. The zero-order valence-corrected chi connectivity index (χ0v) is 10.1. The van der Waals surface area contributed by atoms with Crippen molar-refractivity contribution < 1.29 is 9.94 Å². The third kappa shape index (κ3) is 6.33. The molecule has 0 unspecified atom stereocenters. The third-order valence-corrected chi connectivity index (χ3v) is 2.49. The van der Waals surface area contributed by atoms with Crippen molar-refractivity contribution in [3.63, 3.8) is 0 Å². The van der Waals surface area contributed by atoms with E-state index in [0.29, 0.717) is 5.84 Å². The summed E-state index contributed by atoms with van der Waals surface area (Å²) in [5.41, 5.74) is 5.36. The number of oxime groups is 1. The van der Waals surface area contributed by atoms with E-state index in [1.165, 1.54) is 0 Å². The van der Waals surface area contributed by atoms with Gasteiger partial charge in [0.1, 0.15) is 5.84 Å². The molecule has 0 aromatic rings. The normalized spacial score (nSPS) is 13.1. The minimum Gasteiger partial charge on any atom is -0.409 e. The average Bonchev–Trinajstić information content (AvgIpc) is 2.22. The van der Waals surface area contributed by atoms with Crippen molar-refractivity contribution in [1.82, 2.24) is 0 Å². The summed E-state index contributed by atoms with van der Waals surface area (Å²) in [5, 5.41) is 11.6. The molecule has 15 heavy (non-hydrogen) atoms. The molecule has 0 amide bonds. The van der Waals surface area contributed by atoms with Crippen LogP contribution in [-0.2, 0) is 4.74 Å². The summed E-state index contributed by atoms with van der Waals surface area (Å²) in [6.45, 7) is 7.70. The van der Waals surface area contributed by atoms with Crippen LogP contribution in [-0.4, -0.2) is 24.3 Å². The van der Waals surface area contributed by atoms with Gasteiger partial charge >= 0.3 is 0 Å². The van der Waals surface area contributed by atoms with Crippen LogP contribution in [0.1, 0.15) is 46.5 Å². The summed E-state index contributed by atoms with van der Waals surface area (Å²) in [6.07, 6.45) is 4.04. The van der Waals surface area contributed by atoms with E-state index in [1.54, 1.807) is 0 Å². The summed E-state index contributed by atoms with van der Waals surface area (Å²) in [6, 6.07) is 0. The maximum absolute atomic E-state index is 8.58. The molecule has 0 aliphatic carbocycles. The molecule has 0 spiro atoms. The van der Waals surface area contributed by atoms with E-state index in [2.05, 4.69) is 12.1 Å². The Morgan fingerprint density at radius 1 is 1.33 bits per heavy atom. The van der Waals surface area contributed by atoms with Crippen LogP contribution < -0.4 is 5.73 Å². The Kier molecular flexibility index (Phi) is 7.13. The molecule has 0 aromatic carbocycles. The van der Waals surface area contributed by atoms with Gasteiger partial charge in [0.2, 0.25) is 0 Å². The lowest BCUT2D eigenvalue weighted by atomic mass is 9.86. The molecule has 0 fully saturated rings. The summed E-state index contributed by atoms with van der Waals surface area (Å²) in [7, 11) is 0. The predicted molar refractivity (Wildman–Crippen MR) is 62.2 cm³/mol. The smallest absolute Gasteiger partial charge is 0.144 e. The lowest BCUT2D eigenvalue weighted by Crippen LogP contribution is -2.31. The van der Waals surface area contributed by atoms with Crippen LogP contribution in [0.5, 0.6) is 0 Å². The molecule has 0 saturated carbocycles. The van der Waals surface area contributed by atoms with Crippen LogP contribution in [0.15, 0.2) is 5.16 Å². The molecule has 0 aliphatic heterocycles. The fraction of sp³-hybridized carbons (Fsp3) is 0.909. The summed E-state index contributed by atoms with van der Waals surface area (Å²) in [4.78, 5) is 0. The van der Waals surface area contributed by atoms with E-state index >= 15 is 0 Å². The van der Waals surface area contributed by atoms with Crippen molar-refractivity contribution in [3.8, 4) is 0 Å². The minimum atomic E-state index is -0.223. The molecule has 0 bridgehead atoms. The Balaban J connectivity index is 3.58. The molecule has 0 saturated heterocycles. The fourth-order valence-electron chi connectivity index (χ4n) is 1.28. The van der Waals surface area contributed by atoms with Crippen LogP contribution in [0.4, 0.5) is 0 Å². The molecule has 4 heteroatoms. The van der Waals surface area contributed by atoms with Crippen molar-refractivity contribution in [1.29, 1.82) is 0 Å². The predicted octanol–water partition coefficient (Wildman–Crippen LogP) is 2.36. The zero-order valence-electron chi connectivity index (χ0n) is 10.1. The quantitative estimate of drug-likeness (QED) is 0.215. The van der Waals surface area contributed by atoms with Crippen molar-refractivity contribution in [3.05, 3.63) is 0 Å². The molecule has 0 heterocycles. The molecule has 3 N–H and O–H groups in total. The summed E-state index contributed by atoms with van der Waals surface area (Å²) >= 11 is 0. The Morgan fingerprint density at radius 2 is 2.00 bits per heavy atom. The van der Waals surface area contributed by atoms with Crippen LogP contribution in [0.25, 0.3) is 0 Å². The highest BCUT2D eigenvalue weighted by Crippen LogP contribution is 2.23. The molecule has 0 radical (unpaired) electrons. The van der Waals surface area contributed by atoms with Crippen LogP contribution in [0.2, 0.25) is 0 Å². The molecule has 0 aromatic heterocycles. The molecular weight excluding hydrogens is 192 g/mol. The first-order valence-electron chi connectivity index (χ1n) is 5.60. The lowest BCUT2D eigenvalue weighted by Gasteiger charge is -2.22. The molecular formula is C11H24N2O2. The monoisotopic (exact) mass is 216 g/mol. The van der Waals surface area contributed by atoms with Gasteiger partial charge in [0.05, 0.1) is 0 Å². The highest BCUT2D eigenvalue weighted by Gasteiger charge is 2.22. The Morgan fingerprint density at radius 3 is 2.53 bits per heavy atom. The van der Waals surface area contributed by atoms with Gasteiger partial charge in [0.15, 0.2) is 0 Å². The van der Waals surface area contributed by atoms with Crippen LogP contribution in [0, 0.1) is 5.41 Å². The largest absolute Gasteiger partial charge is 0.409 e. The van der Waals surface area contributed by atoms with Gasteiger partial charge in [-0.25, -0.2) is 0 Å². The van der Waals surface area contributed by atoms with Gasteiger partial charge in [-0.2, -0.15) is 0 Å². The average molecular weight is 216 g/mol. The van der Waals surface area contributed by atoms with Crippen LogP contribution >= 0.6 is 0 Å². The Hall–Kier alpha value is -0.770. The number of amidine groups is 1. The topological polar surface area (TPSA) is 67.8 Å². The van der Waals surface area contributed by atoms with E-state index in [0.717, 1.165) is 38.9 Å². The van der Waals surface area contributed by atoms with Gasteiger partial charge < -0.3 is 15.7 Å². The van der Waals surface area contributed by atoms with E-state index < -0.39 is 0 Å². The first-order valence-corrected chi connectivity index (χ1v) is 5.60. The summed E-state index contributed by atoms with van der Waals surface area (Å²) < 4.78 is 5.37. The second-order valence-electron chi connectivity index (χ2n) is 4.44. The number of rotatable bonds is 8. The van der Waals surface area contributed by atoms with Crippen molar-refractivity contribution in [2.45, 2.75) is 46.5 Å². The van der Waals surface area contributed by atoms with Crippen molar-refractivity contribution >= 4 is 5.84 Å². The third-order valence-electron chi connectivity index (χ3n) is 2.49. The van der Waals surface area contributed by atoms with Gasteiger partial charge in [-0.05, 0) is 19.3 Å². The van der Waals surface area contributed by atoms with Crippen molar-refractivity contribution in [2.24, 2.45) is 16.3 Å². The molecule has 0 rings (SSSR count). The fourth-order valence-corrected chi connectivity index (χ4v) is 1.28. The number of unbranched alkanes of at least 4 members (excludes halogenated alkanes) is 1. The maximum atomic E-state index is 8.58. The number of ether oxygens (including phenoxy) is 1. The number of nitrogens with two attached hydrogens (primary N) is 1. The number of hydrogen-bond acceptors (Lipinski definition) is 3. The van der Waals surface area contributed by atoms with Gasteiger partial charge in [-0.15, -0.1) is 0 Å². The van der Waals surface area contributed by atoms with Gasteiger partial charge in [0, 0.05) is 18.6 Å². The molecule has 0 atom stereocenters. The van der Waals surface area contributed by atoms with Gasteiger partial charge in [-0.1, -0.05) is 32.3 Å². The SMILES string of the molecule is CCCOCCCCC(C)(C)C(N)=NO. The first-order chi connectivity index (χ1) is 7.04. The van der Waals surface area contributed by atoms with E-state index in [9.17, 15) is 0 Å². The van der Waals surface area contributed by atoms with Gasteiger partial charge in [-0.3, -0.25) is 0 Å². The molecule has 4 nitrogen and oxygen atoms in total. The Labute approximate surface area is 92.5 Å². The summed E-state index contributed by atoms with van der Waals surface area (Å²) in [5.74, 6) is 0.303. The van der Waals surface area contributed by atoms with Crippen LogP contribution in [0.3, 0.4) is 0 Å². The molecule has 90 valence electrons. The Bertz CT molecular complexity index is 191. The standard InChI is InChI=1S/C11H24N2O2/c1-4-8-15-9-6-5-7-11(2,3)10(12)13-14/h14H,4-9H2,1-3H3,(H2,12,13). The van der Waals surface area contributed by atoms with E-state index in [-0.39, 0.29) is 5.41 Å². The highest BCUT2D eigenvalue weighted by molar-refractivity contribution is 5.85. The first kappa shape index (κ1) is 14.2. The van der Waals surface area contributed by atoms with E-state index in [4.69, 9.17) is 15.7 Å². The zero-order chi connectivity index (χ0) is 11.7. The maximum Gasteiger partial charge on any atom is 0.144 e. The van der Waals surface area contributed by atoms with E-state index in [1.807, 2.05) is 13.8 Å². The lowest BCUT2D eigenvalue weighted by molar-refractivity contribution is 0.129. The second-order valence-corrected chi connectivity index (χ2v) is 4.44. The van der Waals surface area contributed by atoms with Crippen molar-refractivity contribution in [2.75, 3.05) is 13.2 Å². The van der Waals surface area contributed by atoms with Gasteiger partial charge in [0.25, 0.3) is 0 Å². The molecule has 0 aliphatic rings. The number of hydrogen-bond donors (Lipinski definition) is 2. The highest BCUT2D eigenvalue weighted by atomic mass is 16.5.